The van der Waals surface area contributed by atoms with Gasteiger partial charge in [0.2, 0.25) is 0 Å². The Morgan fingerprint density at radius 3 is 2.13 bits per heavy atom. The molecule has 1 atom stereocenters. The fraction of sp³-hybridized carbons (Fsp3) is 0.900. The summed E-state index contributed by atoms with van der Waals surface area (Å²) >= 11 is 0. The Morgan fingerprint density at radius 2 is 1.80 bits per heavy atom. The van der Waals surface area contributed by atoms with E-state index in [9.17, 15) is 4.57 Å². The van der Waals surface area contributed by atoms with Crippen molar-refractivity contribution in [2.75, 3.05) is 13.2 Å². The lowest BCUT2D eigenvalue weighted by molar-refractivity contribution is 0.210. The van der Waals surface area contributed by atoms with Gasteiger partial charge in [0.1, 0.15) is 0 Å². The van der Waals surface area contributed by atoms with Crippen molar-refractivity contribution in [2.45, 2.75) is 45.7 Å². The Hall–Kier alpha value is -0.360. The van der Waals surface area contributed by atoms with E-state index in [1.807, 2.05) is 6.92 Å². The summed E-state index contributed by atoms with van der Waals surface area (Å²) in [6.45, 7) is 6.28. The second-order valence-electron chi connectivity index (χ2n) is 3.13. The molecule has 0 aromatic carbocycles. The van der Waals surface area contributed by atoms with E-state index in [0.29, 0.717) is 32.5 Å². The number of hydrogen-bond acceptors (Lipinski definition) is 4. The molecular formula is C10H20NO3P. The maximum absolute atomic E-state index is 12.3. The fourth-order valence-electron chi connectivity index (χ4n) is 1.42. The predicted octanol–water partition coefficient (Wildman–Crippen LogP) is 3.33. The molecule has 4 nitrogen and oxygen atoms in total. The Balaban J connectivity index is 4.54. The third-order valence-corrected chi connectivity index (χ3v) is 4.88. The van der Waals surface area contributed by atoms with Gasteiger partial charge >= 0.3 is 7.60 Å². The van der Waals surface area contributed by atoms with E-state index in [1.165, 1.54) is 0 Å². The highest BCUT2D eigenvalue weighted by Gasteiger charge is 2.33. The summed E-state index contributed by atoms with van der Waals surface area (Å²) in [4.78, 5) is 0. The van der Waals surface area contributed by atoms with Crippen LogP contribution in [0.15, 0.2) is 0 Å². The minimum atomic E-state index is -3.01. The first-order valence-corrected chi connectivity index (χ1v) is 7.01. The first-order chi connectivity index (χ1) is 7.14. The van der Waals surface area contributed by atoms with Crippen LogP contribution in [0.2, 0.25) is 0 Å². The summed E-state index contributed by atoms with van der Waals surface area (Å²) in [5, 5.41) is 8.51. The van der Waals surface area contributed by atoms with E-state index < -0.39 is 7.60 Å². The lowest BCUT2D eigenvalue weighted by Crippen LogP contribution is -2.12. The minimum Gasteiger partial charge on any atom is -0.309 e. The number of nitrogens with zero attached hydrogens (tertiary/aromatic N) is 1. The molecule has 0 fully saturated rings. The predicted molar refractivity (Wildman–Crippen MR) is 59.8 cm³/mol. The number of rotatable bonds is 8. The Morgan fingerprint density at radius 1 is 1.27 bits per heavy atom. The van der Waals surface area contributed by atoms with Gasteiger partial charge in [-0.15, -0.1) is 0 Å². The van der Waals surface area contributed by atoms with Gasteiger partial charge < -0.3 is 9.05 Å². The van der Waals surface area contributed by atoms with Crippen molar-refractivity contribution >= 4 is 7.60 Å². The third-order valence-electron chi connectivity index (χ3n) is 2.13. The zero-order chi connectivity index (χ0) is 11.7. The van der Waals surface area contributed by atoms with Gasteiger partial charge in [0.05, 0.1) is 24.9 Å². The third kappa shape index (κ3) is 4.79. The minimum absolute atomic E-state index is 0.156. The molecule has 0 amide bonds. The van der Waals surface area contributed by atoms with Crippen LogP contribution in [0.4, 0.5) is 0 Å². The van der Waals surface area contributed by atoms with Crippen LogP contribution in [0.25, 0.3) is 0 Å². The van der Waals surface area contributed by atoms with E-state index in [0.717, 1.165) is 0 Å². The maximum Gasteiger partial charge on any atom is 0.333 e. The van der Waals surface area contributed by atoms with E-state index >= 15 is 0 Å². The normalized spacial score (nSPS) is 13.5. The largest absolute Gasteiger partial charge is 0.333 e. The van der Waals surface area contributed by atoms with Gasteiger partial charge in [-0.05, 0) is 26.7 Å². The van der Waals surface area contributed by atoms with Crippen molar-refractivity contribution in [1.29, 1.82) is 5.26 Å². The zero-order valence-electron chi connectivity index (χ0n) is 9.73. The molecule has 5 heteroatoms. The van der Waals surface area contributed by atoms with Gasteiger partial charge in [-0.2, -0.15) is 5.26 Å². The molecule has 0 saturated carbocycles. The Bertz CT molecular complexity index is 240. The molecule has 0 aliphatic heterocycles. The van der Waals surface area contributed by atoms with E-state index in [1.54, 1.807) is 13.8 Å². The molecule has 0 saturated heterocycles. The molecule has 0 aromatic rings. The molecule has 0 heterocycles. The number of hydrogen-bond donors (Lipinski definition) is 0. The SMILES string of the molecule is CCOP(=O)(OCC)C(CC)CCC#N. The van der Waals surface area contributed by atoms with Crippen molar-refractivity contribution in [3.63, 3.8) is 0 Å². The van der Waals surface area contributed by atoms with Crippen molar-refractivity contribution < 1.29 is 13.6 Å². The molecule has 0 radical (unpaired) electrons. The van der Waals surface area contributed by atoms with Crippen LogP contribution in [0.5, 0.6) is 0 Å². The summed E-state index contributed by atoms with van der Waals surface area (Å²) in [5.41, 5.74) is -0.156. The number of nitriles is 1. The molecule has 0 bridgehead atoms. The highest BCUT2D eigenvalue weighted by molar-refractivity contribution is 7.54. The zero-order valence-corrected chi connectivity index (χ0v) is 10.6. The van der Waals surface area contributed by atoms with Gasteiger partial charge in [-0.3, -0.25) is 4.57 Å². The summed E-state index contributed by atoms with van der Waals surface area (Å²) in [7, 11) is -3.01. The first kappa shape index (κ1) is 14.6. The molecule has 0 rings (SSSR count). The van der Waals surface area contributed by atoms with Crippen LogP contribution in [-0.2, 0) is 13.6 Å². The van der Waals surface area contributed by atoms with E-state index in [2.05, 4.69) is 6.07 Å². The highest BCUT2D eigenvalue weighted by Crippen LogP contribution is 2.55. The molecule has 0 aliphatic carbocycles. The second kappa shape index (κ2) is 7.87. The van der Waals surface area contributed by atoms with Crippen LogP contribution < -0.4 is 0 Å². The molecule has 0 spiro atoms. The van der Waals surface area contributed by atoms with Gasteiger partial charge in [-0.25, -0.2) is 0 Å². The van der Waals surface area contributed by atoms with E-state index in [-0.39, 0.29) is 5.66 Å². The van der Waals surface area contributed by atoms with Crippen LogP contribution in [0.1, 0.15) is 40.0 Å². The first-order valence-electron chi connectivity index (χ1n) is 5.40. The van der Waals surface area contributed by atoms with Crippen molar-refractivity contribution in [1.82, 2.24) is 0 Å². The Kier molecular flexibility index (Phi) is 7.68. The van der Waals surface area contributed by atoms with Crippen LogP contribution in [0.3, 0.4) is 0 Å². The summed E-state index contributed by atoms with van der Waals surface area (Å²) in [6, 6.07) is 2.06. The van der Waals surface area contributed by atoms with Crippen LogP contribution >= 0.6 is 7.60 Å². The second-order valence-corrected chi connectivity index (χ2v) is 5.46. The topological polar surface area (TPSA) is 59.3 Å². The van der Waals surface area contributed by atoms with Crippen molar-refractivity contribution in [2.24, 2.45) is 0 Å². The van der Waals surface area contributed by atoms with Gasteiger partial charge in [-0.1, -0.05) is 6.92 Å². The standard InChI is InChI=1S/C10H20NO3P/c1-4-10(8-7-9-11)15(12,13-5-2)14-6-3/h10H,4-8H2,1-3H3. The quantitative estimate of drug-likeness (QED) is 0.603. The summed E-state index contributed by atoms with van der Waals surface area (Å²) in [5.74, 6) is 0. The average molecular weight is 233 g/mol. The summed E-state index contributed by atoms with van der Waals surface area (Å²) in [6.07, 6.45) is 1.67. The summed E-state index contributed by atoms with van der Waals surface area (Å²) < 4.78 is 22.8. The molecule has 88 valence electrons. The monoisotopic (exact) mass is 233 g/mol. The van der Waals surface area contributed by atoms with Crippen molar-refractivity contribution in [3.05, 3.63) is 0 Å². The maximum atomic E-state index is 12.3. The van der Waals surface area contributed by atoms with E-state index in [4.69, 9.17) is 14.3 Å². The van der Waals surface area contributed by atoms with Gasteiger partial charge in [0, 0.05) is 6.42 Å². The fourth-order valence-corrected chi connectivity index (χ4v) is 3.53. The lowest BCUT2D eigenvalue weighted by Gasteiger charge is -2.24. The van der Waals surface area contributed by atoms with Gasteiger partial charge in [0.25, 0.3) is 0 Å². The average Bonchev–Trinajstić information content (AvgIpc) is 2.19. The smallest absolute Gasteiger partial charge is 0.309 e. The molecule has 0 N–H and O–H groups in total. The molecular weight excluding hydrogens is 213 g/mol. The lowest BCUT2D eigenvalue weighted by atomic mass is 10.2. The molecule has 0 aromatic heterocycles. The Labute approximate surface area is 92.1 Å². The van der Waals surface area contributed by atoms with Crippen molar-refractivity contribution in [3.8, 4) is 6.07 Å². The van der Waals surface area contributed by atoms with Crippen LogP contribution in [-0.4, -0.2) is 18.9 Å². The van der Waals surface area contributed by atoms with Gasteiger partial charge in [0.15, 0.2) is 0 Å². The molecule has 15 heavy (non-hydrogen) atoms. The van der Waals surface area contributed by atoms with Crippen LogP contribution in [0, 0.1) is 11.3 Å². The highest BCUT2D eigenvalue weighted by atomic mass is 31.2. The molecule has 0 aliphatic rings. The molecule has 1 unspecified atom stereocenters.